The number of alkyl halides is 1. The first kappa shape index (κ1) is 9.45. The molecule has 66 valence electrons. The highest BCUT2D eigenvalue weighted by Gasteiger charge is 2.27. The molecule has 1 heterocycles. The van der Waals surface area contributed by atoms with Crippen LogP contribution >= 0.6 is 15.9 Å². The predicted octanol–water partition coefficient (Wildman–Crippen LogP) is 0.753. The van der Waals surface area contributed by atoms with Gasteiger partial charge in [0.05, 0.1) is 19.8 Å². The third-order valence-corrected chi connectivity index (χ3v) is 2.07. The van der Waals surface area contributed by atoms with Gasteiger partial charge in [0.2, 0.25) is 0 Å². The van der Waals surface area contributed by atoms with Crippen molar-refractivity contribution in [2.75, 3.05) is 25.2 Å². The van der Waals surface area contributed by atoms with E-state index in [2.05, 4.69) is 15.9 Å². The molecular weight excluding hydrogens is 212 g/mol. The van der Waals surface area contributed by atoms with E-state index < -0.39 is 0 Å². The number of aliphatic hydroxyl groups is 1. The number of hydrogen-bond acceptors (Lipinski definition) is 3. The summed E-state index contributed by atoms with van der Waals surface area (Å²) in [6.45, 7) is 1.51. The van der Waals surface area contributed by atoms with E-state index in [1.807, 2.05) is 0 Å². The zero-order valence-corrected chi connectivity index (χ0v) is 7.92. The lowest BCUT2D eigenvalue weighted by Crippen LogP contribution is -2.23. The van der Waals surface area contributed by atoms with Gasteiger partial charge < -0.3 is 14.6 Å². The molecule has 0 spiro atoms. The van der Waals surface area contributed by atoms with E-state index >= 15 is 0 Å². The molecule has 0 aromatic carbocycles. The molecule has 3 nitrogen and oxygen atoms in total. The lowest BCUT2D eigenvalue weighted by atomic mass is 10.1. The van der Waals surface area contributed by atoms with Crippen LogP contribution in [-0.2, 0) is 9.47 Å². The fraction of sp³-hybridized carbons (Fsp3) is 1.00. The van der Waals surface area contributed by atoms with Gasteiger partial charge in [0.1, 0.15) is 0 Å². The van der Waals surface area contributed by atoms with Crippen molar-refractivity contribution in [1.82, 2.24) is 0 Å². The Morgan fingerprint density at radius 1 is 1.64 bits per heavy atom. The predicted molar refractivity (Wildman–Crippen MR) is 44.7 cm³/mol. The summed E-state index contributed by atoms with van der Waals surface area (Å²) in [6.07, 6.45) is 0.723. The summed E-state index contributed by atoms with van der Waals surface area (Å²) in [7, 11) is 0. The fourth-order valence-corrected chi connectivity index (χ4v) is 1.32. The summed E-state index contributed by atoms with van der Waals surface area (Å²) in [5.41, 5.74) is 0. The van der Waals surface area contributed by atoms with Crippen LogP contribution in [0.15, 0.2) is 0 Å². The Balaban J connectivity index is 2.20. The van der Waals surface area contributed by atoms with Gasteiger partial charge in [-0.15, -0.1) is 0 Å². The van der Waals surface area contributed by atoms with Crippen molar-refractivity contribution in [3.05, 3.63) is 0 Å². The zero-order valence-electron chi connectivity index (χ0n) is 6.33. The lowest BCUT2D eigenvalue weighted by molar-refractivity contribution is -0.132. The molecule has 0 aromatic rings. The molecule has 0 aromatic heterocycles. The van der Waals surface area contributed by atoms with Crippen molar-refractivity contribution in [2.24, 2.45) is 5.92 Å². The molecular formula is C7H13BrO3. The van der Waals surface area contributed by atoms with Crippen LogP contribution in [0.3, 0.4) is 0 Å². The van der Waals surface area contributed by atoms with Gasteiger partial charge in [0.25, 0.3) is 0 Å². The van der Waals surface area contributed by atoms with Gasteiger partial charge in [0.15, 0.2) is 6.29 Å². The number of hydrogen-bond donors (Lipinski definition) is 1. The minimum Gasteiger partial charge on any atom is -0.396 e. The monoisotopic (exact) mass is 224 g/mol. The SMILES string of the molecule is OCC1CCOC1OCCBr. The number of halogens is 1. The van der Waals surface area contributed by atoms with E-state index in [1.165, 1.54) is 0 Å². The first-order valence-corrected chi connectivity index (χ1v) is 4.90. The molecule has 1 rings (SSSR count). The smallest absolute Gasteiger partial charge is 0.162 e. The fourth-order valence-electron chi connectivity index (χ4n) is 1.13. The van der Waals surface area contributed by atoms with E-state index in [1.54, 1.807) is 0 Å². The molecule has 1 N–H and O–H groups in total. The summed E-state index contributed by atoms with van der Waals surface area (Å²) in [5.74, 6) is 0.175. The lowest BCUT2D eigenvalue weighted by Gasteiger charge is -2.15. The van der Waals surface area contributed by atoms with E-state index in [0.29, 0.717) is 13.2 Å². The van der Waals surface area contributed by atoms with Crippen LogP contribution in [0, 0.1) is 5.92 Å². The minimum absolute atomic E-state index is 0.160. The Labute approximate surface area is 74.8 Å². The maximum absolute atomic E-state index is 8.86. The Kier molecular flexibility index (Phi) is 4.37. The molecule has 0 radical (unpaired) electrons. The first-order chi connectivity index (χ1) is 5.38. The average molecular weight is 225 g/mol. The van der Waals surface area contributed by atoms with Gasteiger partial charge in [-0.1, -0.05) is 15.9 Å². The highest BCUT2D eigenvalue weighted by Crippen LogP contribution is 2.20. The third kappa shape index (κ3) is 2.71. The molecule has 1 aliphatic rings. The van der Waals surface area contributed by atoms with Crippen molar-refractivity contribution in [3.8, 4) is 0 Å². The van der Waals surface area contributed by atoms with Gasteiger partial charge in [-0.05, 0) is 6.42 Å². The Bertz CT molecular complexity index is 110. The van der Waals surface area contributed by atoms with E-state index in [0.717, 1.165) is 11.8 Å². The Morgan fingerprint density at radius 2 is 2.45 bits per heavy atom. The van der Waals surface area contributed by atoms with Crippen molar-refractivity contribution < 1.29 is 14.6 Å². The number of ether oxygens (including phenoxy) is 2. The zero-order chi connectivity index (χ0) is 8.10. The van der Waals surface area contributed by atoms with Crippen LogP contribution in [0.25, 0.3) is 0 Å². The van der Waals surface area contributed by atoms with Crippen LogP contribution in [-0.4, -0.2) is 36.5 Å². The van der Waals surface area contributed by atoms with Crippen LogP contribution in [0.2, 0.25) is 0 Å². The van der Waals surface area contributed by atoms with Crippen molar-refractivity contribution in [3.63, 3.8) is 0 Å². The molecule has 11 heavy (non-hydrogen) atoms. The standard InChI is InChI=1S/C7H13BrO3/c8-2-4-11-7-6(5-9)1-3-10-7/h6-7,9H,1-5H2. The van der Waals surface area contributed by atoms with Gasteiger partial charge in [-0.2, -0.15) is 0 Å². The van der Waals surface area contributed by atoms with E-state index in [-0.39, 0.29) is 18.8 Å². The molecule has 0 saturated carbocycles. The van der Waals surface area contributed by atoms with Crippen molar-refractivity contribution >= 4 is 15.9 Å². The average Bonchev–Trinajstić information content (AvgIpc) is 2.47. The molecule has 1 saturated heterocycles. The molecule has 0 bridgehead atoms. The normalized spacial score (nSPS) is 31.1. The van der Waals surface area contributed by atoms with Gasteiger partial charge >= 0.3 is 0 Å². The summed E-state index contributed by atoms with van der Waals surface area (Å²) in [4.78, 5) is 0. The quantitative estimate of drug-likeness (QED) is 0.717. The summed E-state index contributed by atoms with van der Waals surface area (Å²) in [5, 5.41) is 9.67. The summed E-state index contributed by atoms with van der Waals surface area (Å²) >= 11 is 3.26. The molecule has 2 unspecified atom stereocenters. The van der Waals surface area contributed by atoms with Gasteiger partial charge in [-0.25, -0.2) is 0 Å². The first-order valence-electron chi connectivity index (χ1n) is 3.78. The molecule has 2 atom stereocenters. The number of rotatable bonds is 4. The van der Waals surface area contributed by atoms with Crippen LogP contribution in [0.5, 0.6) is 0 Å². The van der Waals surface area contributed by atoms with E-state index in [4.69, 9.17) is 14.6 Å². The van der Waals surface area contributed by atoms with Crippen molar-refractivity contribution in [2.45, 2.75) is 12.7 Å². The Hall–Kier alpha value is 0.360. The largest absolute Gasteiger partial charge is 0.396 e. The summed E-state index contributed by atoms with van der Waals surface area (Å²) < 4.78 is 10.6. The second-order valence-electron chi connectivity index (χ2n) is 2.53. The van der Waals surface area contributed by atoms with E-state index in [9.17, 15) is 0 Å². The molecule has 1 aliphatic heterocycles. The van der Waals surface area contributed by atoms with Crippen LogP contribution in [0.4, 0.5) is 0 Å². The maximum Gasteiger partial charge on any atom is 0.162 e. The topological polar surface area (TPSA) is 38.7 Å². The second kappa shape index (κ2) is 5.09. The Morgan fingerprint density at radius 3 is 3.09 bits per heavy atom. The second-order valence-corrected chi connectivity index (χ2v) is 3.32. The number of aliphatic hydroxyl groups excluding tert-OH is 1. The molecule has 0 aliphatic carbocycles. The molecule has 0 amide bonds. The third-order valence-electron chi connectivity index (χ3n) is 1.75. The molecule has 1 fully saturated rings. The highest BCUT2D eigenvalue weighted by molar-refractivity contribution is 9.09. The van der Waals surface area contributed by atoms with Crippen LogP contribution in [0.1, 0.15) is 6.42 Å². The van der Waals surface area contributed by atoms with Crippen LogP contribution < -0.4 is 0 Å². The molecule has 4 heteroatoms. The maximum atomic E-state index is 8.86. The minimum atomic E-state index is -0.183. The highest BCUT2D eigenvalue weighted by atomic mass is 79.9. The van der Waals surface area contributed by atoms with Gasteiger partial charge in [-0.3, -0.25) is 0 Å². The van der Waals surface area contributed by atoms with Gasteiger partial charge in [0, 0.05) is 11.2 Å². The summed E-state index contributed by atoms with van der Waals surface area (Å²) in [6, 6.07) is 0. The van der Waals surface area contributed by atoms with Crippen molar-refractivity contribution in [1.29, 1.82) is 0 Å².